The average Bonchev–Trinajstić information content (AvgIpc) is 2.98. The lowest BCUT2D eigenvalue weighted by atomic mass is 10.2. The molecule has 0 saturated carbocycles. The maximum absolute atomic E-state index is 11.5. The molecule has 3 aromatic rings. The Bertz CT molecular complexity index is 767. The molecule has 0 atom stereocenters. The lowest BCUT2D eigenvalue weighted by Crippen LogP contribution is -2.07. The van der Waals surface area contributed by atoms with Crippen LogP contribution >= 0.6 is 27.3 Å². The minimum Gasteiger partial charge on any atom is -0.463 e. The van der Waals surface area contributed by atoms with E-state index in [-0.39, 0.29) is 5.82 Å². The van der Waals surface area contributed by atoms with Crippen LogP contribution in [0.25, 0.3) is 15.5 Å². The number of methoxy groups -OCH3 is 1. The van der Waals surface area contributed by atoms with Gasteiger partial charge in [-0.1, -0.05) is 45.5 Å². The Labute approximate surface area is 120 Å². The van der Waals surface area contributed by atoms with E-state index in [0.29, 0.717) is 4.96 Å². The van der Waals surface area contributed by atoms with Crippen molar-refractivity contribution in [2.45, 2.75) is 0 Å². The van der Waals surface area contributed by atoms with E-state index < -0.39 is 5.97 Å². The first-order chi connectivity index (χ1) is 9.20. The maximum atomic E-state index is 11.5. The third-order valence-corrected chi connectivity index (χ3v) is 4.09. The van der Waals surface area contributed by atoms with Gasteiger partial charge in [0.25, 0.3) is 5.82 Å². The number of benzene rings is 1. The van der Waals surface area contributed by atoms with Gasteiger partial charge in [-0.15, -0.1) is 10.2 Å². The number of nitrogens with zero attached hydrogens (tertiary/aromatic N) is 4. The molecule has 96 valence electrons. The molecule has 8 heteroatoms. The van der Waals surface area contributed by atoms with Crippen molar-refractivity contribution in [2.75, 3.05) is 7.11 Å². The van der Waals surface area contributed by atoms with Crippen LogP contribution in [0.2, 0.25) is 0 Å². The van der Waals surface area contributed by atoms with Crippen molar-refractivity contribution in [1.29, 1.82) is 0 Å². The minimum atomic E-state index is -0.559. The molecule has 0 aliphatic carbocycles. The van der Waals surface area contributed by atoms with Crippen LogP contribution in [0, 0.1) is 0 Å². The van der Waals surface area contributed by atoms with Crippen molar-refractivity contribution in [1.82, 2.24) is 19.8 Å². The molecular weight excluding hydrogens is 332 g/mol. The van der Waals surface area contributed by atoms with Crippen LogP contribution in [0.1, 0.15) is 10.6 Å². The zero-order chi connectivity index (χ0) is 13.4. The van der Waals surface area contributed by atoms with Gasteiger partial charge in [0.05, 0.1) is 7.11 Å². The predicted octanol–water partition coefficient (Wildman–Crippen LogP) is 2.40. The molecule has 0 aliphatic heterocycles. The van der Waals surface area contributed by atoms with Gasteiger partial charge in [0.15, 0.2) is 0 Å². The van der Waals surface area contributed by atoms with E-state index in [9.17, 15) is 4.79 Å². The minimum absolute atomic E-state index is 0.0760. The topological polar surface area (TPSA) is 69.4 Å². The molecule has 0 spiro atoms. The van der Waals surface area contributed by atoms with Crippen LogP contribution in [-0.2, 0) is 4.74 Å². The third kappa shape index (κ3) is 2.02. The molecule has 0 unspecified atom stereocenters. The van der Waals surface area contributed by atoms with Crippen LogP contribution in [0.4, 0.5) is 0 Å². The van der Waals surface area contributed by atoms with Crippen LogP contribution in [-0.4, -0.2) is 32.9 Å². The second-order valence-corrected chi connectivity index (χ2v) is 5.41. The highest BCUT2D eigenvalue weighted by Gasteiger charge is 2.19. The van der Waals surface area contributed by atoms with Crippen LogP contribution in [0.3, 0.4) is 0 Å². The Balaban J connectivity index is 2.15. The highest BCUT2D eigenvalue weighted by molar-refractivity contribution is 9.10. The summed E-state index contributed by atoms with van der Waals surface area (Å²) in [6, 6.07) is 7.71. The van der Waals surface area contributed by atoms with Crippen LogP contribution in [0.15, 0.2) is 28.7 Å². The summed E-state index contributed by atoms with van der Waals surface area (Å²) >= 11 is 4.82. The van der Waals surface area contributed by atoms with Crippen molar-refractivity contribution < 1.29 is 9.53 Å². The van der Waals surface area contributed by atoms with Crippen molar-refractivity contribution in [2.24, 2.45) is 0 Å². The molecular formula is C11H7BrN4O2S. The van der Waals surface area contributed by atoms with Crippen molar-refractivity contribution in [3.8, 4) is 10.6 Å². The van der Waals surface area contributed by atoms with E-state index in [2.05, 4.69) is 36.0 Å². The monoisotopic (exact) mass is 338 g/mol. The Morgan fingerprint density at radius 3 is 2.89 bits per heavy atom. The first-order valence-corrected chi connectivity index (χ1v) is 6.87. The van der Waals surface area contributed by atoms with Crippen molar-refractivity contribution in [3.05, 3.63) is 34.6 Å². The fourth-order valence-electron chi connectivity index (χ4n) is 1.58. The van der Waals surface area contributed by atoms with Gasteiger partial charge in [-0.3, -0.25) is 0 Å². The van der Waals surface area contributed by atoms with E-state index in [0.717, 1.165) is 15.0 Å². The summed E-state index contributed by atoms with van der Waals surface area (Å²) < 4.78 is 6.96. The van der Waals surface area contributed by atoms with Gasteiger partial charge < -0.3 is 4.74 Å². The summed E-state index contributed by atoms with van der Waals surface area (Å²) in [4.78, 5) is 12.1. The lowest BCUT2D eigenvalue weighted by Gasteiger charge is -1.98. The third-order valence-electron chi connectivity index (χ3n) is 2.46. The summed E-state index contributed by atoms with van der Waals surface area (Å²) in [5, 5.41) is 12.8. The summed E-state index contributed by atoms with van der Waals surface area (Å²) in [5.74, 6) is -0.483. The second kappa shape index (κ2) is 4.71. The molecule has 3 rings (SSSR count). The van der Waals surface area contributed by atoms with Gasteiger partial charge in [-0.25, -0.2) is 4.79 Å². The van der Waals surface area contributed by atoms with E-state index in [1.54, 1.807) is 0 Å². The van der Waals surface area contributed by atoms with Gasteiger partial charge >= 0.3 is 5.97 Å². The van der Waals surface area contributed by atoms with Gasteiger partial charge in [0.2, 0.25) is 4.96 Å². The zero-order valence-corrected chi connectivity index (χ0v) is 12.1. The fraction of sp³-hybridized carbons (Fsp3) is 0.0909. The summed E-state index contributed by atoms with van der Waals surface area (Å²) in [6.07, 6.45) is 0. The van der Waals surface area contributed by atoms with Crippen molar-refractivity contribution >= 4 is 38.2 Å². The first-order valence-electron chi connectivity index (χ1n) is 5.26. The molecule has 0 aliphatic rings. The number of carbonyl (C=O) groups is 1. The quantitative estimate of drug-likeness (QED) is 0.671. The highest BCUT2D eigenvalue weighted by Crippen LogP contribution is 2.31. The van der Waals surface area contributed by atoms with Gasteiger partial charge in [0, 0.05) is 10.0 Å². The summed E-state index contributed by atoms with van der Waals surface area (Å²) in [7, 11) is 1.30. The molecule has 6 nitrogen and oxygen atoms in total. The Hall–Kier alpha value is -1.80. The molecule has 1 aromatic carbocycles. The standard InChI is InChI=1S/C11H7BrN4O2S/c1-18-10(17)8-13-14-11-16(8)15-9(19-11)6-4-2-3-5-7(6)12/h2-5H,1H3. The molecule has 2 heterocycles. The van der Waals surface area contributed by atoms with E-state index in [1.807, 2.05) is 24.3 Å². The number of hydrogen-bond acceptors (Lipinski definition) is 6. The predicted molar refractivity (Wildman–Crippen MR) is 73.1 cm³/mol. The van der Waals surface area contributed by atoms with Gasteiger partial charge in [-0.05, 0) is 6.07 Å². The number of hydrogen-bond donors (Lipinski definition) is 0. The molecule has 2 aromatic heterocycles. The van der Waals surface area contributed by atoms with E-state index in [4.69, 9.17) is 0 Å². The van der Waals surface area contributed by atoms with Crippen LogP contribution in [0.5, 0.6) is 0 Å². The Morgan fingerprint density at radius 1 is 1.37 bits per heavy atom. The number of ether oxygens (including phenoxy) is 1. The smallest absolute Gasteiger partial charge is 0.378 e. The largest absolute Gasteiger partial charge is 0.463 e. The van der Waals surface area contributed by atoms with Gasteiger partial charge in [-0.2, -0.15) is 9.61 Å². The molecule has 19 heavy (non-hydrogen) atoms. The molecule has 0 amide bonds. The van der Waals surface area contributed by atoms with Crippen LogP contribution < -0.4 is 0 Å². The van der Waals surface area contributed by atoms with Gasteiger partial charge in [0.1, 0.15) is 5.01 Å². The number of carbonyl (C=O) groups excluding carboxylic acids is 1. The SMILES string of the molecule is COC(=O)c1nnc2sc(-c3ccccc3Br)nn12. The summed E-state index contributed by atoms with van der Waals surface area (Å²) in [5.41, 5.74) is 0.939. The Kier molecular flexibility index (Phi) is 3.03. The normalized spacial score (nSPS) is 10.8. The van der Waals surface area contributed by atoms with Crippen molar-refractivity contribution in [3.63, 3.8) is 0 Å². The zero-order valence-electron chi connectivity index (χ0n) is 9.70. The number of rotatable bonds is 2. The average molecular weight is 339 g/mol. The molecule has 0 radical (unpaired) electrons. The summed E-state index contributed by atoms with van der Waals surface area (Å²) in [6.45, 7) is 0. The number of esters is 1. The maximum Gasteiger partial charge on any atom is 0.378 e. The second-order valence-electron chi connectivity index (χ2n) is 3.60. The number of fused-ring (bicyclic) bond motifs is 1. The number of halogens is 1. The molecule has 0 saturated heterocycles. The Morgan fingerprint density at radius 2 is 2.16 bits per heavy atom. The lowest BCUT2D eigenvalue weighted by molar-refractivity contribution is 0.0584. The first kappa shape index (κ1) is 12.2. The molecule has 0 bridgehead atoms. The molecule has 0 N–H and O–H groups in total. The van der Waals surface area contributed by atoms with E-state index >= 15 is 0 Å². The molecule has 0 fully saturated rings. The fourth-order valence-corrected chi connectivity index (χ4v) is 3.06. The van der Waals surface area contributed by atoms with E-state index in [1.165, 1.54) is 23.0 Å². The number of aromatic nitrogens is 4. The highest BCUT2D eigenvalue weighted by atomic mass is 79.9.